The van der Waals surface area contributed by atoms with Crippen molar-refractivity contribution in [3.8, 4) is 11.8 Å². The van der Waals surface area contributed by atoms with Gasteiger partial charge < -0.3 is 5.11 Å². The standard InChI is InChI=1S/C16H19N3OS/c20-10-2-4-14-5-6-15(21-14)12-19-9-1-3-13(11-19)16-7-8-17-18-16/h5-8,13,20H,1,3,9-12H2,(H,17,18)/t13-/m1/s1. The van der Waals surface area contributed by atoms with Crippen LogP contribution in [0.15, 0.2) is 24.4 Å². The zero-order valence-electron chi connectivity index (χ0n) is 11.9. The maximum atomic E-state index is 8.73. The Kier molecular flexibility index (Phi) is 4.71. The average Bonchev–Trinajstić information content (AvgIpc) is 3.17. The van der Waals surface area contributed by atoms with Crippen LogP contribution in [-0.4, -0.2) is 39.9 Å². The zero-order chi connectivity index (χ0) is 14.5. The van der Waals surface area contributed by atoms with E-state index in [0.717, 1.165) is 24.5 Å². The van der Waals surface area contributed by atoms with Gasteiger partial charge in [-0.1, -0.05) is 11.8 Å². The van der Waals surface area contributed by atoms with Gasteiger partial charge in [-0.25, -0.2) is 0 Å². The molecule has 5 heteroatoms. The van der Waals surface area contributed by atoms with Crippen molar-refractivity contribution in [1.82, 2.24) is 15.1 Å². The van der Waals surface area contributed by atoms with Gasteiger partial charge in [0.05, 0.1) is 4.88 Å². The number of aliphatic hydroxyl groups excluding tert-OH is 1. The zero-order valence-corrected chi connectivity index (χ0v) is 12.7. The minimum absolute atomic E-state index is 0.0782. The Morgan fingerprint density at radius 2 is 2.38 bits per heavy atom. The molecule has 1 aliphatic heterocycles. The van der Waals surface area contributed by atoms with Crippen molar-refractivity contribution in [1.29, 1.82) is 0 Å². The van der Waals surface area contributed by atoms with Crippen LogP contribution in [0.4, 0.5) is 0 Å². The van der Waals surface area contributed by atoms with E-state index in [1.54, 1.807) is 11.3 Å². The number of H-pyrrole nitrogens is 1. The molecule has 4 nitrogen and oxygen atoms in total. The molecule has 0 saturated carbocycles. The van der Waals surface area contributed by atoms with Crippen molar-refractivity contribution >= 4 is 11.3 Å². The lowest BCUT2D eigenvalue weighted by atomic mass is 9.95. The second-order valence-electron chi connectivity index (χ2n) is 5.31. The topological polar surface area (TPSA) is 52.1 Å². The molecule has 2 aromatic rings. The van der Waals surface area contributed by atoms with Crippen LogP contribution in [0.1, 0.15) is 34.2 Å². The monoisotopic (exact) mass is 301 g/mol. The van der Waals surface area contributed by atoms with Crippen molar-refractivity contribution in [3.63, 3.8) is 0 Å². The molecule has 21 heavy (non-hydrogen) atoms. The van der Waals surface area contributed by atoms with Gasteiger partial charge in [0, 0.05) is 35.8 Å². The number of hydrogen-bond donors (Lipinski definition) is 2. The smallest absolute Gasteiger partial charge is 0.104 e. The lowest BCUT2D eigenvalue weighted by Crippen LogP contribution is -2.33. The van der Waals surface area contributed by atoms with Crippen molar-refractivity contribution in [2.45, 2.75) is 25.3 Å². The van der Waals surface area contributed by atoms with E-state index in [-0.39, 0.29) is 6.61 Å². The number of likely N-dealkylation sites (tertiary alicyclic amines) is 1. The Balaban J connectivity index is 1.61. The maximum Gasteiger partial charge on any atom is 0.104 e. The lowest BCUT2D eigenvalue weighted by Gasteiger charge is -2.31. The fourth-order valence-electron chi connectivity index (χ4n) is 2.82. The third kappa shape index (κ3) is 3.73. The van der Waals surface area contributed by atoms with Crippen LogP contribution in [0.25, 0.3) is 0 Å². The second kappa shape index (κ2) is 6.90. The Labute approximate surface area is 128 Å². The van der Waals surface area contributed by atoms with Gasteiger partial charge >= 0.3 is 0 Å². The van der Waals surface area contributed by atoms with E-state index in [1.807, 2.05) is 12.3 Å². The van der Waals surface area contributed by atoms with Gasteiger partial charge in [-0.15, -0.1) is 11.3 Å². The molecule has 3 heterocycles. The van der Waals surface area contributed by atoms with E-state index in [4.69, 9.17) is 5.11 Å². The fraction of sp³-hybridized carbons (Fsp3) is 0.438. The molecule has 0 unspecified atom stereocenters. The lowest BCUT2D eigenvalue weighted by molar-refractivity contribution is 0.200. The number of nitrogens with zero attached hydrogens (tertiary/aromatic N) is 2. The number of thiophene rings is 1. The van der Waals surface area contributed by atoms with Gasteiger partial charge in [0.15, 0.2) is 0 Å². The first-order valence-corrected chi connectivity index (χ1v) is 8.07. The summed E-state index contributed by atoms with van der Waals surface area (Å²) in [4.78, 5) is 4.87. The van der Waals surface area contributed by atoms with Gasteiger partial charge in [0.1, 0.15) is 6.61 Å². The first-order chi connectivity index (χ1) is 10.3. The molecule has 0 bridgehead atoms. The SMILES string of the molecule is OCC#Cc1ccc(CN2CCC[C@@H](c3ccn[nH]3)C2)s1. The summed E-state index contributed by atoms with van der Waals surface area (Å²) >= 11 is 1.72. The molecule has 110 valence electrons. The van der Waals surface area contributed by atoms with Crippen LogP contribution < -0.4 is 0 Å². The third-order valence-electron chi connectivity index (χ3n) is 3.80. The second-order valence-corrected chi connectivity index (χ2v) is 6.48. The molecule has 0 aromatic carbocycles. The van der Waals surface area contributed by atoms with E-state index < -0.39 is 0 Å². The number of aromatic amines is 1. The molecule has 0 radical (unpaired) electrons. The first-order valence-electron chi connectivity index (χ1n) is 7.25. The molecule has 0 amide bonds. The van der Waals surface area contributed by atoms with Gasteiger partial charge in [0.25, 0.3) is 0 Å². The number of piperidine rings is 1. The first kappa shape index (κ1) is 14.3. The largest absolute Gasteiger partial charge is 0.384 e. The van der Waals surface area contributed by atoms with E-state index in [1.165, 1.54) is 23.4 Å². The van der Waals surface area contributed by atoms with Crippen LogP contribution in [0.5, 0.6) is 0 Å². The molecule has 0 aliphatic carbocycles. The Morgan fingerprint density at radius 3 is 3.19 bits per heavy atom. The van der Waals surface area contributed by atoms with E-state index in [0.29, 0.717) is 5.92 Å². The van der Waals surface area contributed by atoms with E-state index in [2.05, 4.69) is 39.1 Å². The van der Waals surface area contributed by atoms with Crippen molar-refractivity contribution < 1.29 is 5.11 Å². The quantitative estimate of drug-likeness (QED) is 0.855. The van der Waals surface area contributed by atoms with Gasteiger partial charge in [-0.2, -0.15) is 5.10 Å². The summed E-state index contributed by atoms with van der Waals surface area (Å²) in [7, 11) is 0. The maximum absolute atomic E-state index is 8.73. The predicted octanol–water partition coefficient (Wildman–Crippen LogP) is 2.19. The summed E-state index contributed by atoms with van der Waals surface area (Å²) in [6.45, 7) is 3.14. The molecule has 1 atom stereocenters. The Hall–Kier alpha value is -1.61. The molecule has 2 aromatic heterocycles. The van der Waals surface area contributed by atoms with Crippen molar-refractivity contribution in [3.05, 3.63) is 39.8 Å². The van der Waals surface area contributed by atoms with E-state index in [9.17, 15) is 0 Å². The van der Waals surface area contributed by atoms with Gasteiger partial charge in [0.2, 0.25) is 0 Å². The minimum Gasteiger partial charge on any atom is -0.384 e. The summed E-state index contributed by atoms with van der Waals surface area (Å²) in [5, 5.41) is 15.9. The molecule has 2 N–H and O–H groups in total. The molecule has 1 aliphatic rings. The third-order valence-corrected chi connectivity index (χ3v) is 4.78. The van der Waals surface area contributed by atoms with Crippen LogP contribution in [0, 0.1) is 11.8 Å². The molecular formula is C16H19N3OS. The Bertz CT molecular complexity index is 623. The normalized spacial score (nSPS) is 19.2. The fourth-order valence-corrected chi connectivity index (χ4v) is 3.75. The number of hydrogen-bond acceptors (Lipinski definition) is 4. The number of aliphatic hydroxyl groups is 1. The number of nitrogens with one attached hydrogen (secondary N) is 1. The summed E-state index contributed by atoms with van der Waals surface area (Å²) in [5.74, 6) is 6.23. The van der Waals surface area contributed by atoms with E-state index >= 15 is 0 Å². The number of aromatic nitrogens is 2. The minimum atomic E-state index is -0.0782. The summed E-state index contributed by atoms with van der Waals surface area (Å²) in [5.41, 5.74) is 1.25. The highest BCUT2D eigenvalue weighted by atomic mass is 32.1. The summed E-state index contributed by atoms with van der Waals surface area (Å²) < 4.78 is 0. The van der Waals surface area contributed by atoms with Crippen LogP contribution >= 0.6 is 11.3 Å². The molecule has 3 rings (SSSR count). The van der Waals surface area contributed by atoms with Crippen LogP contribution in [-0.2, 0) is 6.54 Å². The summed E-state index contributed by atoms with van der Waals surface area (Å²) in [6, 6.07) is 6.27. The molecule has 1 saturated heterocycles. The average molecular weight is 301 g/mol. The van der Waals surface area contributed by atoms with Crippen LogP contribution in [0.2, 0.25) is 0 Å². The van der Waals surface area contributed by atoms with Gasteiger partial charge in [-0.3, -0.25) is 10.00 Å². The molecule has 0 spiro atoms. The molecular weight excluding hydrogens is 282 g/mol. The number of rotatable bonds is 3. The predicted molar refractivity (Wildman–Crippen MR) is 84.1 cm³/mol. The Morgan fingerprint density at radius 1 is 1.43 bits per heavy atom. The highest BCUT2D eigenvalue weighted by Crippen LogP contribution is 2.27. The summed E-state index contributed by atoms with van der Waals surface area (Å²) in [6.07, 6.45) is 4.29. The highest BCUT2D eigenvalue weighted by molar-refractivity contribution is 7.12. The van der Waals surface area contributed by atoms with Crippen LogP contribution in [0.3, 0.4) is 0 Å². The molecule has 1 fully saturated rings. The van der Waals surface area contributed by atoms with Crippen molar-refractivity contribution in [2.75, 3.05) is 19.7 Å². The highest BCUT2D eigenvalue weighted by Gasteiger charge is 2.22. The van der Waals surface area contributed by atoms with Crippen molar-refractivity contribution in [2.24, 2.45) is 0 Å². The van der Waals surface area contributed by atoms with Gasteiger partial charge in [-0.05, 0) is 37.6 Å².